The van der Waals surface area contributed by atoms with Gasteiger partial charge in [0.25, 0.3) is 5.91 Å². The van der Waals surface area contributed by atoms with Gasteiger partial charge < -0.3 is 15.5 Å². The van der Waals surface area contributed by atoms with E-state index < -0.39 is 6.03 Å². The molecule has 5 heterocycles. The highest BCUT2D eigenvalue weighted by Crippen LogP contribution is 2.27. The van der Waals surface area contributed by atoms with E-state index in [1.807, 2.05) is 73.7 Å². The number of aromatic nitrogens is 5. The summed E-state index contributed by atoms with van der Waals surface area (Å²) in [7, 11) is 2.09. The molecule has 0 unspecified atom stereocenters. The SMILES string of the molecule is Cc1ccc(NC(=O)c2ccc(N3CCC(N(C)Cc4ccc(N5CCC(=O)NC5=O)nn4)CC3)cc2)cc1Nc1nccc(-c2cccnc2)n1. The fourth-order valence-corrected chi connectivity index (χ4v) is 6.39. The van der Waals surface area contributed by atoms with Crippen LogP contribution < -0.4 is 25.8 Å². The van der Waals surface area contributed by atoms with Gasteiger partial charge in [0.05, 0.1) is 11.4 Å². The minimum Gasteiger partial charge on any atom is -0.371 e. The highest BCUT2D eigenvalue weighted by molar-refractivity contribution is 6.05. The summed E-state index contributed by atoms with van der Waals surface area (Å²) in [5, 5.41) is 17.2. The third-order valence-electron chi connectivity index (χ3n) is 9.38. The summed E-state index contributed by atoms with van der Waals surface area (Å²) in [6, 6.07) is 22.6. The van der Waals surface area contributed by atoms with Gasteiger partial charge in [-0.2, -0.15) is 5.10 Å². The standard InChI is InChI=1S/C38H39N11O3/c1-25-5-8-28(22-33(25)43-37-40-18-13-32(42-37)27-4-3-17-39-23-27)41-36(51)26-6-10-31(11-7-26)48-19-14-30(15-20-48)47(2)24-29-9-12-34(46-45-29)49-21-16-35(50)44-38(49)52/h3-13,17-18,22-23,30H,14-16,19-21,24H2,1-2H3,(H,41,51)(H,40,42,43)(H,44,50,52). The molecule has 0 bridgehead atoms. The molecule has 2 aliphatic rings. The lowest BCUT2D eigenvalue weighted by Crippen LogP contribution is -2.50. The first kappa shape index (κ1) is 34.2. The van der Waals surface area contributed by atoms with Crippen molar-refractivity contribution in [2.24, 2.45) is 0 Å². The largest absolute Gasteiger partial charge is 0.371 e. The van der Waals surface area contributed by atoms with Crippen LogP contribution in [-0.4, -0.2) is 80.6 Å². The van der Waals surface area contributed by atoms with Crippen molar-refractivity contribution in [1.82, 2.24) is 35.4 Å². The number of anilines is 5. The number of hydrogen-bond acceptors (Lipinski definition) is 11. The minimum absolute atomic E-state index is 0.193. The fraction of sp³-hybridized carbons (Fsp3) is 0.263. The summed E-state index contributed by atoms with van der Waals surface area (Å²) >= 11 is 0. The molecule has 7 rings (SSSR count). The highest BCUT2D eigenvalue weighted by atomic mass is 16.2. The van der Waals surface area contributed by atoms with Crippen LogP contribution in [0, 0.1) is 6.92 Å². The molecule has 3 N–H and O–H groups in total. The first-order valence-electron chi connectivity index (χ1n) is 17.2. The van der Waals surface area contributed by atoms with E-state index >= 15 is 0 Å². The molecule has 0 radical (unpaired) electrons. The molecule has 4 amide bonds. The van der Waals surface area contributed by atoms with Crippen molar-refractivity contribution < 1.29 is 14.4 Å². The van der Waals surface area contributed by atoms with Crippen molar-refractivity contribution in [2.45, 2.75) is 38.8 Å². The van der Waals surface area contributed by atoms with Crippen molar-refractivity contribution in [3.63, 3.8) is 0 Å². The van der Waals surface area contributed by atoms with E-state index in [0.717, 1.165) is 59.8 Å². The number of amides is 4. The average Bonchev–Trinajstić information content (AvgIpc) is 3.17. The van der Waals surface area contributed by atoms with Crippen LogP contribution in [-0.2, 0) is 11.3 Å². The maximum atomic E-state index is 13.2. The molecule has 2 aromatic carbocycles. The summed E-state index contributed by atoms with van der Waals surface area (Å²) < 4.78 is 0. The van der Waals surface area contributed by atoms with Crippen LogP contribution in [0.25, 0.3) is 11.3 Å². The Labute approximate surface area is 301 Å². The van der Waals surface area contributed by atoms with Crippen molar-refractivity contribution in [2.75, 3.05) is 47.1 Å². The smallest absolute Gasteiger partial charge is 0.329 e. The topological polar surface area (TPSA) is 161 Å². The Bertz CT molecular complexity index is 2050. The molecule has 0 aliphatic carbocycles. The Morgan fingerprint density at radius 3 is 2.52 bits per heavy atom. The lowest BCUT2D eigenvalue weighted by Gasteiger charge is -2.37. The molecular formula is C38H39N11O3. The Kier molecular flexibility index (Phi) is 10.1. The number of nitrogens with zero attached hydrogens (tertiary/aromatic N) is 8. The number of piperidine rings is 1. The van der Waals surface area contributed by atoms with E-state index in [4.69, 9.17) is 0 Å². The van der Waals surface area contributed by atoms with Crippen LogP contribution in [0.15, 0.2) is 91.4 Å². The zero-order valence-corrected chi connectivity index (χ0v) is 29.0. The van der Waals surface area contributed by atoms with Crippen molar-refractivity contribution in [1.29, 1.82) is 0 Å². The summed E-state index contributed by atoms with van der Waals surface area (Å²) in [5.74, 6) is 0.408. The number of carbonyl (C=O) groups excluding carboxylic acids is 3. The Morgan fingerprint density at radius 1 is 0.962 bits per heavy atom. The number of rotatable bonds is 10. The third-order valence-corrected chi connectivity index (χ3v) is 9.38. The number of hydrogen-bond donors (Lipinski definition) is 3. The monoisotopic (exact) mass is 697 g/mol. The van der Waals surface area contributed by atoms with Gasteiger partial charge in [0.2, 0.25) is 11.9 Å². The second-order valence-electron chi connectivity index (χ2n) is 12.9. The first-order chi connectivity index (χ1) is 25.3. The van der Waals surface area contributed by atoms with E-state index in [0.29, 0.717) is 42.1 Å². The van der Waals surface area contributed by atoms with Crippen LogP contribution in [0.2, 0.25) is 0 Å². The summed E-state index contributed by atoms with van der Waals surface area (Å²) in [4.78, 5) is 56.0. The molecule has 2 saturated heterocycles. The van der Waals surface area contributed by atoms with Gasteiger partial charge in [-0.1, -0.05) is 6.07 Å². The van der Waals surface area contributed by atoms with Crippen LogP contribution in [0.3, 0.4) is 0 Å². The number of imide groups is 1. The molecule has 2 aliphatic heterocycles. The number of urea groups is 1. The van der Waals surface area contributed by atoms with Crippen LogP contribution in [0.1, 0.15) is 40.9 Å². The number of benzene rings is 2. The predicted molar refractivity (Wildman–Crippen MR) is 198 cm³/mol. The number of nitrogens with one attached hydrogen (secondary N) is 3. The van der Waals surface area contributed by atoms with Crippen LogP contribution >= 0.6 is 0 Å². The molecule has 14 nitrogen and oxygen atoms in total. The van der Waals surface area contributed by atoms with Gasteiger partial charge in [-0.05, 0) is 99.1 Å². The van der Waals surface area contributed by atoms with Gasteiger partial charge in [0.1, 0.15) is 0 Å². The average molecular weight is 698 g/mol. The van der Waals surface area contributed by atoms with Crippen molar-refractivity contribution in [3.8, 4) is 11.3 Å². The van der Waals surface area contributed by atoms with Crippen LogP contribution in [0.5, 0.6) is 0 Å². The number of aryl methyl sites for hydroxylation is 1. The summed E-state index contributed by atoms with van der Waals surface area (Å²) in [6.45, 7) is 4.69. The van der Waals surface area contributed by atoms with Gasteiger partial charge in [0, 0.05) is 85.4 Å². The lowest BCUT2D eigenvalue weighted by molar-refractivity contribution is -0.120. The molecule has 0 atom stereocenters. The first-order valence-corrected chi connectivity index (χ1v) is 17.2. The maximum absolute atomic E-state index is 13.2. The molecule has 52 heavy (non-hydrogen) atoms. The molecular weight excluding hydrogens is 658 g/mol. The van der Waals surface area contributed by atoms with Gasteiger partial charge in [-0.25, -0.2) is 14.8 Å². The summed E-state index contributed by atoms with van der Waals surface area (Å²) in [6.07, 6.45) is 7.39. The van der Waals surface area contributed by atoms with Gasteiger partial charge in [-0.3, -0.25) is 29.7 Å². The summed E-state index contributed by atoms with van der Waals surface area (Å²) in [5.41, 5.74) is 6.56. The second-order valence-corrected chi connectivity index (χ2v) is 12.9. The predicted octanol–water partition coefficient (Wildman–Crippen LogP) is 5.18. The lowest BCUT2D eigenvalue weighted by atomic mass is 10.0. The molecule has 5 aromatic rings. The van der Waals surface area contributed by atoms with Gasteiger partial charge >= 0.3 is 6.03 Å². The van der Waals surface area contributed by atoms with Crippen LogP contribution in [0.4, 0.5) is 33.6 Å². The Balaban J connectivity index is 0.902. The van der Waals surface area contributed by atoms with Crippen molar-refractivity contribution >= 4 is 46.7 Å². The molecule has 0 saturated carbocycles. The highest BCUT2D eigenvalue weighted by Gasteiger charge is 2.26. The Morgan fingerprint density at radius 2 is 1.79 bits per heavy atom. The molecule has 264 valence electrons. The minimum atomic E-state index is -0.471. The van der Waals surface area contributed by atoms with E-state index in [1.54, 1.807) is 24.7 Å². The van der Waals surface area contributed by atoms with E-state index in [-0.39, 0.29) is 18.2 Å². The maximum Gasteiger partial charge on any atom is 0.329 e. The molecule has 0 spiro atoms. The Hall–Kier alpha value is -6.28. The van der Waals surface area contributed by atoms with Gasteiger partial charge in [0.15, 0.2) is 5.82 Å². The molecule has 2 fully saturated rings. The fourth-order valence-electron chi connectivity index (χ4n) is 6.39. The molecule has 3 aromatic heterocycles. The van der Waals surface area contributed by atoms with E-state index in [2.05, 4.69) is 57.9 Å². The zero-order chi connectivity index (χ0) is 36.0. The van der Waals surface area contributed by atoms with E-state index in [9.17, 15) is 14.4 Å². The van der Waals surface area contributed by atoms with E-state index in [1.165, 1.54) is 4.90 Å². The van der Waals surface area contributed by atoms with Crippen molar-refractivity contribution in [3.05, 3.63) is 108 Å². The third kappa shape index (κ3) is 8.02. The normalized spacial score (nSPS) is 15.1. The zero-order valence-electron chi connectivity index (χ0n) is 29.0. The molecule has 14 heteroatoms. The second kappa shape index (κ2) is 15.3. The van der Waals surface area contributed by atoms with Gasteiger partial charge in [-0.15, -0.1) is 5.10 Å². The quantitative estimate of drug-likeness (QED) is 0.176. The number of pyridine rings is 1. The number of carbonyl (C=O) groups is 3.